The Morgan fingerprint density at radius 3 is 2.65 bits per heavy atom. The van der Waals surface area contributed by atoms with Crippen molar-refractivity contribution in [3.8, 4) is 0 Å². The van der Waals surface area contributed by atoms with Crippen molar-refractivity contribution in [1.29, 1.82) is 0 Å². The summed E-state index contributed by atoms with van der Waals surface area (Å²) in [7, 11) is 0. The lowest BCUT2D eigenvalue weighted by Crippen LogP contribution is -2.40. The number of amides is 1. The second-order valence-corrected chi connectivity index (χ2v) is 7.12. The Balaban J connectivity index is 2.20. The van der Waals surface area contributed by atoms with Crippen LogP contribution in [-0.4, -0.2) is 29.6 Å². The number of thiol groups is 1. The van der Waals surface area contributed by atoms with Crippen LogP contribution in [0.3, 0.4) is 0 Å². The molecule has 0 aromatic heterocycles. The number of carbonyl (C=O) groups is 1. The number of nitrogens with zero attached hydrogens (tertiary/aromatic N) is 1. The summed E-state index contributed by atoms with van der Waals surface area (Å²) in [5.41, 5.74) is 2.25. The van der Waals surface area contributed by atoms with Crippen LogP contribution >= 0.6 is 12.6 Å². The maximum Gasteiger partial charge on any atom is 0.254 e. The summed E-state index contributed by atoms with van der Waals surface area (Å²) < 4.78 is 0. The number of benzene rings is 1. The van der Waals surface area contributed by atoms with E-state index in [0.29, 0.717) is 5.92 Å². The molecular formula is C17H25NOS. The predicted octanol–water partition coefficient (Wildman–Crippen LogP) is 3.67. The highest BCUT2D eigenvalue weighted by Gasteiger charge is 2.29. The monoisotopic (exact) mass is 291 g/mol. The van der Waals surface area contributed by atoms with Crippen molar-refractivity contribution in [3.05, 3.63) is 35.4 Å². The van der Waals surface area contributed by atoms with E-state index in [0.717, 1.165) is 37.2 Å². The zero-order valence-corrected chi connectivity index (χ0v) is 13.6. The van der Waals surface area contributed by atoms with Gasteiger partial charge in [0.15, 0.2) is 0 Å². The zero-order valence-electron chi connectivity index (χ0n) is 12.7. The first-order chi connectivity index (χ1) is 9.43. The van der Waals surface area contributed by atoms with Crippen molar-refractivity contribution < 1.29 is 4.79 Å². The molecule has 1 unspecified atom stereocenters. The van der Waals surface area contributed by atoms with Crippen molar-refractivity contribution in [2.45, 2.75) is 33.6 Å². The maximum absolute atomic E-state index is 12.7. The highest BCUT2D eigenvalue weighted by Crippen LogP contribution is 2.29. The number of rotatable bonds is 3. The summed E-state index contributed by atoms with van der Waals surface area (Å²) >= 11 is 4.48. The van der Waals surface area contributed by atoms with Crippen LogP contribution in [0.1, 0.15) is 43.1 Å². The van der Waals surface area contributed by atoms with Gasteiger partial charge in [-0.05, 0) is 41.6 Å². The summed E-state index contributed by atoms with van der Waals surface area (Å²) in [6, 6.07) is 8.02. The van der Waals surface area contributed by atoms with Gasteiger partial charge in [0.1, 0.15) is 0 Å². The van der Waals surface area contributed by atoms with E-state index in [2.05, 4.69) is 39.5 Å². The molecule has 1 atom stereocenters. The van der Waals surface area contributed by atoms with Gasteiger partial charge in [0.2, 0.25) is 0 Å². The van der Waals surface area contributed by atoms with Gasteiger partial charge in [0, 0.05) is 18.7 Å². The summed E-state index contributed by atoms with van der Waals surface area (Å²) in [6.07, 6.45) is 2.05. The molecule has 1 aromatic rings. The molecule has 1 amide bonds. The van der Waals surface area contributed by atoms with Gasteiger partial charge in [-0.25, -0.2) is 0 Å². The smallest absolute Gasteiger partial charge is 0.254 e. The van der Waals surface area contributed by atoms with E-state index in [9.17, 15) is 4.79 Å². The molecule has 1 heterocycles. The summed E-state index contributed by atoms with van der Waals surface area (Å²) in [6.45, 7) is 8.34. The molecule has 110 valence electrons. The van der Waals surface area contributed by atoms with Crippen molar-refractivity contribution in [3.63, 3.8) is 0 Å². The molecule has 0 fully saturated rings. The highest BCUT2D eigenvalue weighted by molar-refractivity contribution is 7.80. The number of hydrogen-bond acceptors (Lipinski definition) is 2. The third-order valence-electron chi connectivity index (χ3n) is 4.30. The molecule has 0 N–H and O–H groups in total. The quantitative estimate of drug-likeness (QED) is 0.843. The SMILES string of the molecule is CC(C)(C)C(CS)CN1CCCc2ccccc2C1=O. The summed E-state index contributed by atoms with van der Waals surface area (Å²) in [4.78, 5) is 14.7. The molecular weight excluding hydrogens is 266 g/mol. The Hall–Kier alpha value is -0.960. The number of fused-ring (bicyclic) bond motifs is 1. The topological polar surface area (TPSA) is 20.3 Å². The van der Waals surface area contributed by atoms with Crippen molar-refractivity contribution in [2.24, 2.45) is 11.3 Å². The van der Waals surface area contributed by atoms with Crippen LogP contribution in [0.25, 0.3) is 0 Å². The summed E-state index contributed by atoms with van der Waals surface area (Å²) in [5.74, 6) is 1.42. The van der Waals surface area contributed by atoms with Gasteiger partial charge >= 0.3 is 0 Å². The average Bonchev–Trinajstić information content (AvgIpc) is 2.55. The van der Waals surface area contributed by atoms with Crippen LogP contribution in [0.4, 0.5) is 0 Å². The molecule has 0 radical (unpaired) electrons. The molecule has 0 bridgehead atoms. The average molecular weight is 291 g/mol. The Morgan fingerprint density at radius 2 is 2.00 bits per heavy atom. The van der Waals surface area contributed by atoms with E-state index in [4.69, 9.17) is 0 Å². The first-order valence-corrected chi connectivity index (χ1v) is 8.04. The van der Waals surface area contributed by atoms with Crippen LogP contribution in [0.5, 0.6) is 0 Å². The molecule has 2 nitrogen and oxygen atoms in total. The molecule has 0 saturated heterocycles. The zero-order chi connectivity index (χ0) is 14.8. The third kappa shape index (κ3) is 3.38. The molecule has 1 aromatic carbocycles. The van der Waals surface area contributed by atoms with Crippen LogP contribution < -0.4 is 0 Å². The predicted molar refractivity (Wildman–Crippen MR) is 87.5 cm³/mol. The minimum absolute atomic E-state index is 0.174. The number of hydrogen-bond donors (Lipinski definition) is 1. The van der Waals surface area contributed by atoms with Gasteiger partial charge in [-0.2, -0.15) is 12.6 Å². The van der Waals surface area contributed by atoms with Gasteiger partial charge < -0.3 is 4.90 Å². The molecule has 2 rings (SSSR count). The number of carbonyl (C=O) groups excluding carboxylic acids is 1. The second kappa shape index (κ2) is 6.21. The fraction of sp³-hybridized carbons (Fsp3) is 0.588. The van der Waals surface area contributed by atoms with Gasteiger partial charge in [-0.3, -0.25) is 4.79 Å². The third-order valence-corrected chi connectivity index (χ3v) is 4.74. The van der Waals surface area contributed by atoms with Crippen molar-refractivity contribution in [1.82, 2.24) is 4.90 Å². The van der Waals surface area contributed by atoms with Gasteiger partial charge in [0.05, 0.1) is 0 Å². The largest absolute Gasteiger partial charge is 0.338 e. The highest BCUT2D eigenvalue weighted by atomic mass is 32.1. The summed E-state index contributed by atoms with van der Waals surface area (Å²) in [5, 5.41) is 0. The first kappa shape index (κ1) is 15.4. The van der Waals surface area contributed by atoms with E-state index in [1.165, 1.54) is 5.56 Å². The van der Waals surface area contributed by atoms with E-state index < -0.39 is 0 Å². The van der Waals surface area contributed by atoms with Crippen LogP contribution in [0, 0.1) is 11.3 Å². The maximum atomic E-state index is 12.7. The van der Waals surface area contributed by atoms with Crippen LogP contribution in [0.15, 0.2) is 24.3 Å². The lowest BCUT2D eigenvalue weighted by Gasteiger charge is -2.34. The molecule has 20 heavy (non-hydrogen) atoms. The van der Waals surface area contributed by atoms with E-state index in [1.807, 2.05) is 23.1 Å². The Bertz CT molecular complexity index is 478. The van der Waals surface area contributed by atoms with Gasteiger partial charge in [-0.1, -0.05) is 39.0 Å². The van der Waals surface area contributed by atoms with Crippen LogP contribution in [-0.2, 0) is 6.42 Å². The van der Waals surface area contributed by atoms with Crippen molar-refractivity contribution in [2.75, 3.05) is 18.8 Å². The van der Waals surface area contributed by atoms with E-state index >= 15 is 0 Å². The minimum atomic E-state index is 0.174. The lowest BCUT2D eigenvalue weighted by atomic mass is 9.81. The lowest BCUT2D eigenvalue weighted by molar-refractivity contribution is 0.0697. The molecule has 0 aliphatic carbocycles. The fourth-order valence-electron chi connectivity index (χ4n) is 2.72. The fourth-order valence-corrected chi connectivity index (χ4v) is 3.39. The van der Waals surface area contributed by atoms with Crippen LogP contribution in [0.2, 0.25) is 0 Å². The van der Waals surface area contributed by atoms with Crippen molar-refractivity contribution >= 4 is 18.5 Å². The Morgan fingerprint density at radius 1 is 1.30 bits per heavy atom. The Kier molecular flexibility index (Phi) is 4.79. The van der Waals surface area contributed by atoms with E-state index in [1.54, 1.807) is 0 Å². The van der Waals surface area contributed by atoms with E-state index in [-0.39, 0.29) is 11.3 Å². The standard InChI is InChI=1S/C17H25NOS/c1-17(2,3)14(12-20)11-18-10-6-8-13-7-4-5-9-15(13)16(18)19/h4-5,7,9,14,20H,6,8,10-12H2,1-3H3. The first-order valence-electron chi connectivity index (χ1n) is 7.41. The number of aryl methyl sites for hydroxylation is 1. The Labute approximate surface area is 128 Å². The second-order valence-electron chi connectivity index (χ2n) is 6.76. The van der Waals surface area contributed by atoms with Gasteiger partial charge in [-0.15, -0.1) is 0 Å². The normalized spacial score (nSPS) is 17.6. The molecule has 0 saturated carbocycles. The molecule has 0 spiro atoms. The molecule has 1 aliphatic heterocycles. The molecule has 3 heteroatoms. The molecule has 1 aliphatic rings. The van der Waals surface area contributed by atoms with Gasteiger partial charge in [0.25, 0.3) is 5.91 Å². The minimum Gasteiger partial charge on any atom is -0.338 e.